The van der Waals surface area contributed by atoms with E-state index >= 15 is 0 Å². The van der Waals surface area contributed by atoms with Crippen LogP contribution in [0, 0.1) is 0 Å². The predicted molar refractivity (Wildman–Crippen MR) is 54.1 cm³/mol. The Morgan fingerprint density at radius 2 is 1.33 bits per heavy atom. The molecule has 0 aliphatic rings. The topological polar surface area (TPSA) is 3.24 Å². The molecule has 0 atom stereocenters. The molecule has 0 rings (SSSR count). The molecule has 0 aliphatic carbocycles. The van der Waals surface area contributed by atoms with Crippen molar-refractivity contribution in [1.82, 2.24) is 3.11 Å². The van der Waals surface area contributed by atoms with Crippen LogP contribution < -0.4 is 0 Å². The van der Waals surface area contributed by atoms with Crippen LogP contribution in [0.25, 0.3) is 0 Å². The SMILES string of the molecule is CC(C)N(I)C(C)C.[H-].[H-].[Mg+2]. The third-order valence-corrected chi connectivity index (χ3v) is 3.21. The van der Waals surface area contributed by atoms with Gasteiger partial charge in [0.25, 0.3) is 0 Å². The molecule has 0 spiro atoms. The molecule has 9 heavy (non-hydrogen) atoms. The Morgan fingerprint density at radius 3 is 1.33 bits per heavy atom. The smallest absolute Gasteiger partial charge is 1.00 e. The standard InChI is InChI=1S/C6H14IN.Mg.2H/c1-5(2)8(7)6(3)4;;;/h5-6H,1-4H3;;;/q;+2;2*-1. The molecule has 0 saturated carbocycles. The first kappa shape index (κ1) is 13.1. The minimum atomic E-state index is 0. The van der Waals surface area contributed by atoms with Gasteiger partial charge in [-0.15, -0.1) is 0 Å². The summed E-state index contributed by atoms with van der Waals surface area (Å²) in [5, 5.41) is 0. The Kier molecular flexibility index (Phi) is 8.99. The molecule has 0 amide bonds. The van der Waals surface area contributed by atoms with Crippen LogP contribution in [0.4, 0.5) is 0 Å². The first-order chi connectivity index (χ1) is 3.55. The average molecular weight is 253 g/mol. The van der Waals surface area contributed by atoms with Gasteiger partial charge in [-0.05, 0) is 27.7 Å². The summed E-state index contributed by atoms with van der Waals surface area (Å²) in [6, 6.07) is 1.33. The normalized spacial score (nSPS) is 10.7. The molecule has 0 aromatic carbocycles. The summed E-state index contributed by atoms with van der Waals surface area (Å²) in [5.74, 6) is 0. The summed E-state index contributed by atoms with van der Waals surface area (Å²) in [4.78, 5) is 0. The Hall–Kier alpha value is 1.46. The maximum Gasteiger partial charge on any atom is 2.00 e. The van der Waals surface area contributed by atoms with Gasteiger partial charge in [0.2, 0.25) is 0 Å². The average Bonchev–Trinajstić information content (AvgIpc) is 1.64. The van der Waals surface area contributed by atoms with E-state index in [1.807, 2.05) is 0 Å². The van der Waals surface area contributed by atoms with Gasteiger partial charge in [-0.3, -0.25) is 0 Å². The molecule has 0 N–H and O–H groups in total. The van der Waals surface area contributed by atoms with Crippen LogP contribution >= 0.6 is 22.9 Å². The van der Waals surface area contributed by atoms with E-state index in [-0.39, 0.29) is 25.9 Å². The molecule has 0 unspecified atom stereocenters. The van der Waals surface area contributed by atoms with Crippen LogP contribution in [0.1, 0.15) is 30.5 Å². The predicted octanol–water partition coefficient (Wildman–Crippen LogP) is 2.30. The number of nitrogens with zero attached hydrogens (tertiary/aromatic N) is 1. The fourth-order valence-corrected chi connectivity index (χ4v) is 0.596. The van der Waals surface area contributed by atoms with Crippen LogP contribution in [0.3, 0.4) is 0 Å². The molecular formula is C6H16IMgN. The molecule has 0 radical (unpaired) electrons. The summed E-state index contributed by atoms with van der Waals surface area (Å²) in [6.45, 7) is 8.80. The minimum absolute atomic E-state index is 0. The van der Waals surface area contributed by atoms with Gasteiger partial charge in [-0.1, -0.05) is 0 Å². The van der Waals surface area contributed by atoms with Crippen LogP contribution in [0.2, 0.25) is 0 Å². The van der Waals surface area contributed by atoms with Gasteiger partial charge in [0, 0.05) is 34.9 Å². The van der Waals surface area contributed by atoms with Crippen LogP contribution in [0.5, 0.6) is 0 Å². The van der Waals surface area contributed by atoms with Crippen molar-refractivity contribution in [3.63, 3.8) is 0 Å². The van der Waals surface area contributed by atoms with E-state index in [0.717, 1.165) is 0 Å². The second-order valence-electron chi connectivity index (χ2n) is 2.53. The van der Waals surface area contributed by atoms with Crippen LogP contribution in [0.15, 0.2) is 0 Å². The molecule has 0 bridgehead atoms. The molecule has 0 aromatic rings. The maximum absolute atomic E-state index is 2.35. The number of hydrogen-bond acceptors (Lipinski definition) is 1. The van der Waals surface area contributed by atoms with E-state index in [4.69, 9.17) is 0 Å². The third kappa shape index (κ3) is 5.88. The fraction of sp³-hybridized carbons (Fsp3) is 1.00. The second kappa shape index (κ2) is 6.18. The quantitative estimate of drug-likeness (QED) is 0.415. The van der Waals surface area contributed by atoms with Crippen molar-refractivity contribution in [2.75, 3.05) is 0 Å². The van der Waals surface area contributed by atoms with Crippen LogP contribution in [-0.2, 0) is 0 Å². The molecule has 0 saturated heterocycles. The van der Waals surface area contributed by atoms with Crippen molar-refractivity contribution in [2.24, 2.45) is 0 Å². The van der Waals surface area contributed by atoms with Crippen molar-refractivity contribution < 1.29 is 2.85 Å². The molecule has 3 heteroatoms. The van der Waals surface area contributed by atoms with Gasteiger partial charge < -0.3 is 2.85 Å². The zero-order valence-electron chi connectivity index (χ0n) is 8.69. The van der Waals surface area contributed by atoms with Crippen molar-refractivity contribution in [1.29, 1.82) is 0 Å². The Labute approximate surface area is 91.2 Å². The molecule has 0 aromatic heterocycles. The monoisotopic (exact) mass is 253 g/mol. The van der Waals surface area contributed by atoms with Gasteiger partial charge in [-0.25, -0.2) is 3.11 Å². The van der Waals surface area contributed by atoms with E-state index < -0.39 is 0 Å². The largest absolute Gasteiger partial charge is 2.00 e. The fourth-order valence-electron chi connectivity index (χ4n) is 0.596. The van der Waals surface area contributed by atoms with Gasteiger partial charge in [0.15, 0.2) is 0 Å². The van der Waals surface area contributed by atoms with Crippen molar-refractivity contribution in [2.45, 2.75) is 39.8 Å². The summed E-state index contributed by atoms with van der Waals surface area (Å²) >= 11 is 2.35. The number of rotatable bonds is 2. The Balaban J connectivity index is -0.0000000817. The van der Waals surface area contributed by atoms with Gasteiger partial charge in [-0.2, -0.15) is 0 Å². The Bertz CT molecular complexity index is 65.6. The summed E-state index contributed by atoms with van der Waals surface area (Å²) < 4.78 is 2.30. The zero-order valence-corrected chi connectivity index (χ0v) is 10.3. The van der Waals surface area contributed by atoms with Crippen molar-refractivity contribution in [3.05, 3.63) is 0 Å². The zero-order chi connectivity index (χ0) is 6.73. The van der Waals surface area contributed by atoms with E-state index in [0.29, 0.717) is 12.1 Å². The first-order valence-corrected chi connectivity index (χ1v) is 3.96. The third-order valence-electron chi connectivity index (χ3n) is 0.987. The molecule has 0 aliphatic heterocycles. The summed E-state index contributed by atoms with van der Waals surface area (Å²) in [6.07, 6.45) is 0. The number of hydrogen-bond donors (Lipinski definition) is 0. The van der Waals surface area contributed by atoms with E-state index in [9.17, 15) is 0 Å². The molecule has 54 valence electrons. The van der Waals surface area contributed by atoms with E-state index in [1.165, 1.54) is 0 Å². The molecular weight excluding hydrogens is 237 g/mol. The van der Waals surface area contributed by atoms with Gasteiger partial charge >= 0.3 is 23.1 Å². The van der Waals surface area contributed by atoms with Gasteiger partial charge in [0.1, 0.15) is 0 Å². The second-order valence-corrected chi connectivity index (χ2v) is 3.65. The Morgan fingerprint density at radius 1 is 1.11 bits per heavy atom. The first-order valence-electron chi connectivity index (χ1n) is 2.99. The minimum Gasteiger partial charge on any atom is -1.00 e. The molecule has 0 fully saturated rings. The van der Waals surface area contributed by atoms with Gasteiger partial charge in [0.05, 0.1) is 0 Å². The van der Waals surface area contributed by atoms with Crippen molar-refractivity contribution in [3.8, 4) is 0 Å². The maximum atomic E-state index is 2.35. The van der Waals surface area contributed by atoms with Crippen molar-refractivity contribution >= 4 is 45.9 Å². The number of halogens is 1. The molecule has 1 nitrogen and oxygen atoms in total. The van der Waals surface area contributed by atoms with E-state index in [2.05, 4.69) is 53.7 Å². The van der Waals surface area contributed by atoms with E-state index in [1.54, 1.807) is 0 Å². The molecule has 0 heterocycles. The summed E-state index contributed by atoms with van der Waals surface area (Å²) in [5.41, 5.74) is 0. The summed E-state index contributed by atoms with van der Waals surface area (Å²) in [7, 11) is 0. The van der Waals surface area contributed by atoms with Crippen LogP contribution in [-0.4, -0.2) is 38.2 Å².